The lowest BCUT2D eigenvalue weighted by atomic mass is 9.87. The molecule has 0 spiro atoms. The SMILES string of the molecule is COc1cc2c(cc1OC)C(c1ccccc1)N(C(=O)Cn1nc(C(=O)O)c3ccccc3c1=O)CC2. The summed E-state index contributed by atoms with van der Waals surface area (Å²) in [5, 5.41) is 14.2. The Labute approximate surface area is 212 Å². The van der Waals surface area contributed by atoms with Crippen LogP contribution in [0.1, 0.15) is 33.2 Å². The van der Waals surface area contributed by atoms with E-state index in [1.807, 2.05) is 42.5 Å². The fraction of sp³-hybridized carbons (Fsp3) is 0.214. The van der Waals surface area contributed by atoms with Crippen LogP contribution in [0.25, 0.3) is 10.8 Å². The van der Waals surface area contributed by atoms with E-state index in [1.165, 1.54) is 12.1 Å². The van der Waals surface area contributed by atoms with E-state index in [2.05, 4.69) is 5.10 Å². The van der Waals surface area contributed by atoms with Crippen molar-refractivity contribution in [3.63, 3.8) is 0 Å². The Morgan fingerprint density at radius 1 is 0.973 bits per heavy atom. The van der Waals surface area contributed by atoms with Crippen molar-refractivity contribution < 1.29 is 24.2 Å². The maximum Gasteiger partial charge on any atom is 0.357 e. The normalized spacial score (nSPS) is 14.8. The van der Waals surface area contributed by atoms with Gasteiger partial charge in [-0.3, -0.25) is 9.59 Å². The molecule has 1 unspecified atom stereocenters. The summed E-state index contributed by atoms with van der Waals surface area (Å²) in [5.74, 6) is -0.459. The smallest absolute Gasteiger partial charge is 0.357 e. The van der Waals surface area contributed by atoms with Crippen molar-refractivity contribution in [1.29, 1.82) is 0 Å². The second-order valence-corrected chi connectivity index (χ2v) is 8.72. The molecule has 1 aliphatic heterocycles. The molecule has 1 aromatic heterocycles. The van der Waals surface area contributed by atoms with Crippen LogP contribution in [0.2, 0.25) is 0 Å². The quantitative estimate of drug-likeness (QED) is 0.433. The highest BCUT2D eigenvalue weighted by Gasteiger charge is 2.34. The first-order valence-corrected chi connectivity index (χ1v) is 11.7. The first kappa shape index (κ1) is 24.1. The van der Waals surface area contributed by atoms with Crippen molar-refractivity contribution in [2.24, 2.45) is 0 Å². The number of benzene rings is 3. The van der Waals surface area contributed by atoms with Crippen molar-refractivity contribution in [3.05, 3.63) is 99.5 Å². The molecule has 9 heteroatoms. The average Bonchev–Trinajstić information content (AvgIpc) is 2.93. The van der Waals surface area contributed by atoms with Gasteiger partial charge in [-0.05, 0) is 41.3 Å². The predicted octanol–water partition coefficient (Wildman–Crippen LogP) is 3.29. The van der Waals surface area contributed by atoms with E-state index in [1.54, 1.807) is 31.3 Å². The zero-order valence-electron chi connectivity index (χ0n) is 20.4. The number of carboxylic acid groups (broad SMARTS) is 1. The van der Waals surface area contributed by atoms with Crippen molar-refractivity contribution in [3.8, 4) is 11.5 Å². The van der Waals surface area contributed by atoms with Gasteiger partial charge in [0.15, 0.2) is 17.2 Å². The molecular weight excluding hydrogens is 474 g/mol. The van der Waals surface area contributed by atoms with E-state index in [4.69, 9.17) is 9.47 Å². The van der Waals surface area contributed by atoms with Crippen molar-refractivity contribution in [2.45, 2.75) is 19.0 Å². The Morgan fingerprint density at radius 2 is 1.62 bits per heavy atom. The van der Waals surface area contributed by atoms with Crippen LogP contribution >= 0.6 is 0 Å². The number of carbonyl (C=O) groups is 2. The Bertz CT molecular complexity index is 1560. The molecule has 0 bridgehead atoms. The minimum absolute atomic E-state index is 0.197. The first-order chi connectivity index (χ1) is 17.9. The monoisotopic (exact) mass is 499 g/mol. The van der Waals surface area contributed by atoms with Gasteiger partial charge in [-0.25, -0.2) is 9.48 Å². The second kappa shape index (κ2) is 9.77. The Balaban J connectivity index is 1.58. The van der Waals surface area contributed by atoms with E-state index < -0.39 is 24.1 Å². The standard InChI is InChI=1S/C28H25N3O6/c1-36-22-14-18-12-13-30(26(17-8-4-3-5-9-17)21(18)15-23(22)37-2)24(32)16-31-27(33)20-11-7-6-10-19(20)25(29-31)28(34)35/h3-11,14-15,26H,12-13,16H2,1-2H3,(H,34,35). The summed E-state index contributed by atoms with van der Waals surface area (Å²) < 4.78 is 12.0. The molecular formula is C28H25N3O6. The summed E-state index contributed by atoms with van der Waals surface area (Å²) in [5.41, 5.74) is 2.03. The summed E-state index contributed by atoms with van der Waals surface area (Å²) in [7, 11) is 3.14. The molecule has 2 heterocycles. The molecule has 0 fully saturated rings. The molecule has 188 valence electrons. The summed E-state index contributed by atoms with van der Waals surface area (Å²) in [6.45, 7) is 0.00486. The van der Waals surface area contributed by atoms with Crippen molar-refractivity contribution in [1.82, 2.24) is 14.7 Å². The lowest BCUT2D eigenvalue weighted by Crippen LogP contribution is -2.44. The fourth-order valence-electron chi connectivity index (χ4n) is 4.93. The molecule has 1 aliphatic rings. The van der Waals surface area contributed by atoms with Gasteiger partial charge in [0.1, 0.15) is 6.54 Å². The topological polar surface area (TPSA) is 111 Å². The molecule has 1 amide bonds. The molecule has 1 atom stereocenters. The molecule has 0 saturated heterocycles. The minimum atomic E-state index is -1.27. The van der Waals surface area contributed by atoms with Gasteiger partial charge in [0.2, 0.25) is 5.91 Å². The summed E-state index contributed by atoms with van der Waals surface area (Å²) >= 11 is 0. The van der Waals surface area contributed by atoms with E-state index in [0.717, 1.165) is 21.4 Å². The third kappa shape index (κ3) is 4.29. The van der Waals surface area contributed by atoms with Gasteiger partial charge in [0.25, 0.3) is 5.56 Å². The summed E-state index contributed by atoms with van der Waals surface area (Å²) in [6, 6.07) is 19.3. The van der Waals surface area contributed by atoms with Gasteiger partial charge < -0.3 is 19.5 Å². The minimum Gasteiger partial charge on any atom is -0.493 e. The molecule has 1 N–H and O–H groups in total. The van der Waals surface area contributed by atoms with Gasteiger partial charge in [-0.2, -0.15) is 5.10 Å². The zero-order chi connectivity index (χ0) is 26.1. The number of aromatic carboxylic acids is 1. The first-order valence-electron chi connectivity index (χ1n) is 11.7. The van der Waals surface area contributed by atoms with Gasteiger partial charge in [-0.15, -0.1) is 0 Å². The van der Waals surface area contributed by atoms with Gasteiger partial charge in [0, 0.05) is 11.9 Å². The van der Waals surface area contributed by atoms with E-state index in [9.17, 15) is 19.5 Å². The van der Waals surface area contributed by atoms with Crippen LogP contribution in [-0.2, 0) is 17.8 Å². The third-order valence-electron chi connectivity index (χ3n) is 6.66. The van der Waals surface area contributed by atoms with Crippen LogP contribution < -0.4 is 15.0 Å². The molecule has 9 nitrogen and oxygen atoms in total. The van der Waals surface area contributed by atoms with Crippen LogP contribution in [0.15, 0.2) is 71.5 Å². The third-order valence-corrected chi connectivity index (χ3v) is 6.66. The van der Waals surface area contributed by atoms with Crippen molar-refractivity contribution >= 4 is 22.6 Å². The summed E-state index contributed by atoms with van der Waals surface area (Å²) in [6.07, 6.45) is 0.575. The molecule has 0 radical (unpaired) electrons. The van der Waals surface area contributed by atoms with Gasteiger partial charge in [0.05, 0.1) is 25.6 Å². The number of methoxy groups -OCH3 is 2. The largest absolute Gasteiger partial charge is 0.493 e. The Kier molecular flexibility index (Phi) is 6.35. The van der Waals surface area contributed by atoms with Crippen LogP contribution in [0.5, 0.6) is 11.5 Å². The molecule has 0 aliphatic carbocycles. The average molecular weight is 500 g/mol. The van der Waals surface area contributed by atoms with Crippen molar-refractivity contribution in [2.75, 3.05) is 20.8 Å². The molecule has 4 aromatic rings. The number of hydrogen-bond donors (Lipinski definition) is 1. The maximum atomic E-state index is 13.7. The highest BCUT2D eigenvalue weighted by molar-refractivity contribution is 6.01. The number of aromatic nitrogens is 2. The molecule has 5 rings (SSSR count). The predicted molar refractivity (Wildman–Crippen MR) is 136 cm³/mol. The summed E-state index contributed by atoms with van der Waals surface area (Å²) in [4.78, 5) is 40.4. The van der Waals surface area contributed by atoms with Crippen LogP contribution in [0.3, 0.4) is 0 Å². The number of carboxylic acids is 1. The van der Waals surface area contributed by atoms with Crippen LogP contribution in [-0.4, -0.2) is 52.4 Å². The second-order valence-electron chi connectivity index (χ2n) is 8.72. The van der Waals surface area contributed by atoms with E-state index in [-0.39, 0.29) is 22.4 Å². The lowest BCUT2D eigenvalue weighted by Gasteiger charge is -2.38. The van der Waals surface area contributed by atoms with Crippen LogP contribution in [0, 0.1) is 0 Å². The number of carbonyl (C=O) groups excluding carboxylic acids is 1. The van der Waals surface area contributed by atoms with Crippen LogP contribution in [0.4, 0.5) is 0 Å². The molecule has 37 heavy (non-hydrogen) atoms. The molecule has 3 aromatic carbocycles. The van der Waals surface area contributed by atoms with E-state index in [0.29, 0.717) is 24.5 Å². The zero-order valence-corrected chi connectivity index (χ0v) is 20.4. The van der Waals surface area contributed by atoms with E-state index >= 15 is 0 Å². The highest BCUT2D eigenvalue weighted by atomic mass is 16.5. The molecule has 0 saturated carbocycles. The fourth-order valence-corrected chi connectivity index (χ4v) is 4.93. The Hall–Kier alpha value is -4.66. The number of ether oxygens (including phenoxy) is 2. The Morgan fingerprint density at radius 3 is 2.30 bits per heavy atom. The number of amides is 1. The number of nitrogens with zero attached hydrogens (tertiary/aromatic N) is 3. The number of fused-ring (bicyclic) bond motifs is 2. The number of rotatable bonds is 6. The maximum absolute atomic E-state index is 13.7. The van der Waals surface area contributed by atoms with Gasteiger partial charge in [-0.1, -0.05) is 48.5 Å². The van der Waals surface area contributed by atoms with Gasteiger partial charge >= 0.3 is 5.97 Å². The highest BCUT2D eigenvalue weighted by Crippen LogP contribution is 2.41. The number of hydrogen-bond acceptors (Lipinski definition) is 6. The lowest BCUT2D eigenvalue weighted by molar-refractivity contribution is -0.134.